The number of carbonyl (C=O) groups excluding carboxylic acids is 3. The standard InChI is InChI=1S/C25H24ClN3O5/c26-17-5-1-4-16-21(17)27-24(33)25(16)20-19(18(28-25)11-13-6-8-14(30)9-7-13)22(31)29(23(20)32)12-15-3-2-10-34-15/h1,4-9,15,18-20,28,30H,2-3,10-12H2,(H,27,33)/t15-,18+,19-,20+,25+/m1/s1. The summed E-state index contributed by atoms with van der Waals surface area (Å²) in [5, 5.41) is 16.3. The molecule has 3 amide bonds. The molecule has 0 radical (unpaired) electrons. The van der Waals surface area contributed by atoms with E-state index in [9.17, 15) is 19.5 Å². The van der Waals surface area contributed by atoms with Crippen LogP contribution in [0, 0.1) is 11.8 Å². The highest BCUT2D eigenvalue weighted by molar-refractivity contribution is 6.35. The lowest BCUT2D eigenvalue weighted by atomic mass is 9.76. The fourth-order valence-electron chi connectivity index (χ4n) is 6.09. The minimum Gasteiger partial charge on any atom is -0.508 e. The van der Waals surface area contributed by atoms with Crippen LogP contribution in [-0.2, 0) is 31.1 Å². The Balaban J connectivity index is 1.43. The molecule has 4 aliphatic heterocycles. The molecule has 3 N–H and O–H groups in total. The second-order valence-electron chi connectivity index (χ2n) is 9.47. The molecule has 2 aromatic rings. The highest BCUT2D eigenvalue weighted by Gasteiger charge is 2.70. The molecule has 6 rings (SSSR count). The van der Waals surface area contributed by atoms with E-state index in [2.05, 4.69) is 10.6 Å². The quantitative estimate of drug-likeness (QED) is 0.578. The molecule has 34 heavy (non-hydrogen) atoms. The molecule has 0 unspecified atom stereocenters. The smallest absolute Gasteiger partial charge is 0.250 e. The zero-order valence-corrected chi connectivity index (χ0v) is 19.0. The number of anilines is 1. The maximum atomic E-state index is 13.8. The first kappa shape index (κ1) is 21.6. The summed E-state index contributed by atoms with van der Waals surface area (Å²) >= 11 is 6.38. The van der Waals surface area contributed by atoms with Gasteiger partial charge in [0.15, 0.2) is 0 Å². The summed E-state index contributed by atoms with van der Waals surface area (Å²) < 4.78 is 5.70. The van der Waals surface area contributed by atoms with Crippen molar-refractivity contribution < 1.29 is 24.2 Å². The first-order chi connectivity index (χ1) is 16.4. The number of imide groups is 1. The maximum absolute atomic E-state index is 13.8. The van der Waals surface area contributed by atoms with Crippen molar-refractivity contribution >= 4 is 35.0 Å². The average molecular weight is 482 g/mol. The molecule has 8 nitrogen and oxygen atoms in total. The second-order valence-corrected chi connectivity index (χ2v) is 9.88. The Morgan fingerprint density at radius 1 is 1.12 bits per heavy atom. The summed E-state index contributed by atoms with van der Waals surface area (Å²) in [4.78, 5) is 42.3. The highest BCUT2D eigenvalue weighted by atomic mass is 35.5. The number of aromatic hydroxyl groups is 1. The van der Waals surface area contributed by atoms with Crippen LogP contribution in [-0.4, -0.2) is 53.0 Å². The third-order valence-corrected chi connectivity index (χ3v) is 7.91. The molecule has 176 valence electrons. The van der Waals surface area contributed by atoms with Gasteiger partial charge in [0.1, 0.15) is 11.3 Å². The third kappa shape index (κ3) is 3.02. The van der Waals surface area contributed by atoms with Gasteiger partial charge >= 0.3 is 0 Å². The third-order valence-electron chi connectivity index (χ3n) is 7.59. The van der Waals surface area contributed by atoms with Gasteiger partial charge < -0.3 is 15.2 Å². The van der Waals surface area contributed by atoms with E-state index in [0.717, 1.165) is 18.4 Å². The van der Waals surface area contributed by atoms with Crippen molar-refractivity contribution in [3.8, 4) is 5.75 Å². The minimum absolute atomic E-state index is 0.145. The molecule has 0 aliphatic carbocycles. The molecule has 9 heteroatoms. The average Bonchev–Trinajstić information content (AvgIpc) is 3.56. The van der Waals surface area contributed by atoms with E-state index in [1.54, 1.807) is 42.5 Å². The van der Waals surface area contributed by atoms with Gasteiger partial charge in [-0.1, -0.05) is 35.9 Å². The van der Waals surface area contributed by atoms with Crippen molar-refractivity contribution in [1.29, 1.82) is 0 Å². The van der Waals surface area contributed by atoms with Crippen LogP contribution in [0.15, 0.2) is 42.5 Å². The molecule has 4 aliphatic rings. The van der Waals surface area contributed by atoms with Gasteiger partial charge in [-0.05, 0) is 43.0 Å². The fourth-order valence-corrected chi connectivity index (χ4v) is 6.31. The van der Waals surface area contributed by atoms with Crippen LogP contribution in [0.2, 0.25) is 5.02 Å². The number of nitrogens with one attached hydrogen (secondary N) is 2. The molecular formula is C25H24ClN3O5. The summed E-state index contributed by atoms with van der Waals surface area (Å²) in [5.41, 5.74) is 0.565. The van der Waals surface area contributed by atoms with E-state index in [1.165, 1.54) is 4.90 Å². The van der Waals surface area contributed by atoms with E-state index in [0.29, 0.717) is 29.3 Å². The van der Waals surface area contributed by atoms with Crippen LogP contribution in [0.5, 0.6) is 5.75 Å². The van der Waals surface area contributed by atoms with Gasteiger partial charge in [-0.3, -0.25) is 24.6 Å². The van der Waals surface area contributed by atoms with E-state index in [4.69, 9.17) is 16.3 Å². The summed E-state index contributed by atoms with van der Waals surface area (Å²) in [6, 6.07) is 11.5. The van der Waals surface area contributed by atoms with E-state index in [-0.39, 0.29) is 36.1 Å². The maximum Gasteiger partial charge on any atom is 0.250 e. The van der Waals surface area contributed by atoms with Gasteiger partial charge in [0.25, 0.3) is 0 Å². The number of hydrogen-bond acceptors (Lipinski definition) is 6. The van der Waals surface area contributed by atoms with Gasteiger partial charge in [0.2, 0.25) is 17.7 Å². The second kappa shape index (κ2) is 7.80. The van der Waals surface area contributed by atoms with Gasteiger partial charge in [-0.2, -0.15) is 0 Å². The minimum atomic E-state index is -1.38. The monoisotopic (exact) mass is 481 g/mol. The summed E-state index contributed by atoms with van der Waals surface area (Å²) in [6.45, 7) is 0.827. The van der Waals surface area contributed by atoms with Crippen LogP contribution in [0.3, 0.4) is 0 Å². The Morgan fingerprint density at radius 3 is 2.65 bits per heavy atom. The lowest BCUT2D eigenvalue weighted by Crippen LogP contribution is -2.54. The largest absolute Gasteiger partial charge is 0.508 e. The topological polar surface area (TPSA) is 108 Å². The van der Waals surface area contributed by atoms with Gasteiger partial charge in [0.05, 0.1) is 35.2 Å². The molecule has 1 spiro atoms. The van der Waals surface area contributed by atoms with Crippen molar-refractivity contribution in [3.63, 3.8) is 0 Å². The Bertz CT molecular complexity index is 1200. The van der Waals surface area contributed by atoms with Crippen molar-refractivity contribution in [2.75, 3.05) is 18.5 Å². The van der Waals surface area contributed by atoms with Crippen molar-refractivity contribution in [1.82, 2.24) is 10.2 Å². The van der Waals surface area contributed by atoms with Crippen LogP contribution in [0.1, 0.15) is 24.0 Å². The van der Waals surface area contributed by atoms with E-state index < -0.39 is 23.4 Å². The fraction of sp³-hybridized carbons (Fsp3) is 0.400. The zero-order chi connectivity index (χ0) is 23.6. The van der Waals surface area contributed by atoms with Crippen LogP contribution < -0.4 is 10.6 Å². The number of likely N-dealkylation sites (tertiary alicyclic amines) is 1. The number of amides is 3. The molecule has 0 bridgehead atoms. The first-order valence-corrected chi connectivity index (χ1v) is 11.9. The Morgan fingerprint density at radius 2 is 1.91 bits per heavy atom. The van der Waals surface area contributed by atoms with E-state index in [1.807, 2.05) is 0 Å². The van der Waals surface area contributed by atoms with Crippen molar-refractivity contribution in [2.24, 2.45) is 11.8 Å². The molecule has 3 saturated heterocycles. The summed E-state index contributed by atoms with van der Waals surface area (Å²) in [6.07, 6.45) is 1.94. The first-order valence-electron chi connectivity index (χ1n) is 11.5. The van der Waals surface area contributed by atoms with Crippen LogP contribution in [0.25, 0.3) is 0 Å². The molecular weight excluding hydrogens is 458 g/mol. The number of carbonyl (C=O) groups is 3. The van der Waals surface area contributed by atoms with Gasteiger partial charge in [-0.25, -0.2) is 0 Å². The lowest BCUT2D eigenvalue weighted by molar-refractivity contribution is -0.144. The predicted molar refractivity (Wildman–Crippen MR) is 123 cm³/mol. The number of phenols is 1. The number of ether oxygens (including phenoxy) is 1. The Labute approximate surface area is 201 Å². The Hall–Kier alpha value is -2.94. The molecule has 0 saturated carbocycles. The summed E-state index contributed by atoms with van der Waals surface area (Å²) in [7, 11) is 0. The highest BCUT2D eigenvalue weighted by Crippen LogP contribution is 2.54. The number of phenolic OH excluding ortho intramolecular Hbond substituents is 1. The molecule has 0 aromatic heterocycles. The van der Waals surface area contributed by atoms with Crippen molar-refractivity contribution in [2.45, 2.75) is 36.9 Å². The van der Waals surface area contributed by atoms with E-state index >= 15 is 0 Å². The number of halogens is 1. The summed E-state index contributed by atoms with van der Waals surface area (Å²) in [5.74, 6) is -2.46. The van der Waals surface area contributed by atoms with Crippen molar-refractivity contribution in [3.05, 3.63) is 58.6 Å². The zero-order valence-electron chi connectivity index (χ0n) is 18.3. The van der Waals surface area contributed by atoms with Crippen LogP contribution >= 0.6 is 11.6 Å². The molecule has 4 heterocycles. The van der Waals surface area contributed by atoms with Gasteiger partial charge in [0, 0.05) is 18.2 Å². The normalized spacial score (nSPS) is 31.9. The number of benzene rings is 2. The van der Waals surface area contributed by atoms with Crippen LogP contribution in [0.4, 0.5) is 5.69 Å². The number of rotatable bonds is 4. The lowest BCUT2D eigenvalue weighted by Gasteiger charge is -2.30. The van der Waals surface area contributed by atoms with Gasteiger partial charge in [-0.15, -0.1) is 0 Å². The SMILES string of the molecule is O=C1[C@@H]2[C@H](Cc3ccc(O)cc3)N[C@]3(C(=O)Nc4c(Cl)cccc43)[C@@H]2C(=O)N1C[C@H]1CCCO1. The number of nitrogens with zero attached hydrogens (tertiary/aromatic N) is 1. The predicted octanol–water partition coefficient (Wildman–Crippen LogP) is 2.19. The number of para-hydroxylation sites is 1. The number of fused-ring (bicyclic) bond motifs is 4. The Kier molecular flexibility index (Phi) is 4.95. The number of hydrogen-bond donors (Lipinski definition) is 3. The molecule has 3 fully saturated rings. The molecule has 5 atom stereocenters. The molecule has 2 aromatic carbocycles.